The molecule has 0 spiro atoms. The number of aliphatic hydroxyl groups excluding tert-OH is 2. The summed E-state index contributed by atoms with van der Waals surface area (Å²) >= 11 is 4.67. The molecule has 1 rings (SSSR count). The van der Waals surface area contributed by atoms with Crippen molar-refractivity contribution in [1.29, 1.82) is 0 Å². The molecular formula is C22H38O4S. The van der Waals surface area contributed by atoms with Gasteiger partial charge in [0.05, 0.1) is 19.3 Å². The van der Waals surface area contributed by atoms with Crippen molar-refractivity contribution >= 4 is 18.6 Å². The molecule has 27 heavy (non-hydrogen) atoms. The highest BCUT2D eigenvalue weighted by Gasteiger charge is 2.38. The highest BCUT2D eigenvalue weighted by molar-refractivity contribution is 7.81. The van der Waals surface area contributed by atoms with Crippen LogP contribution >= 0.6 is 12.6 Å². The van der Waals surface area contributed by atoms with Gasteiger partial charge in [0.2, 0.25) is 0 Å². The summed E-state index contributed by atoms with van der Waals surface area (Å²) in [6.45, 7) is 4.23. The Morgan fingerprint density at radius 2 is 2.07 bits per heavy atom. The van der Waals surface area contributed by atoms with Crippen LogP contribution in [0.25, 0.3) is 0 Å². The summed E-state index contributed by atoms with van der Waals surface area (Å²) in [6.07, 6.45) is 14.1. The van der Waals surface area contributed by atoms with Crippen LogP contribution in [0, 0.1) is 17.8 Å². The standard InChI is InChI=1S/C22H38O4S/c1-4-5-10-16(2)19(23)14-13-17-18(21(27)15-20(17)24)11-8-6-7-9-12-22(25)26-3/h6,8,13-14,16-21,23-24,27H,4-5,7,9-12,15H2,1-3H3/t16-,17-,18-,19-,20-,21+/m1/s1. The van der Waals surface area contributed by atoms with Gasteiger partial charge in [-0.15, -0.1) is 0 Å². The minimum atomic E-state index is -0.461. The SMILES string of the molecule is CCCC[C@@H](C)[C@H](O)C=C[C@@H]1[C@@H](CC=CCCCC(=O)OC)[C@@H](S)C[C@H]1O. The molecule has 0 amide bonds. The normalized spacial score (nSPS) is 28.1. The zero-order valence-electron chi connectivity index (χ0n) is 17.1. The Balaban J connectivity index is 2.51. The lowest BCUT2D eigenvalue weighted by molar-refractivity contribution is -0.140. The van der Waals surface area contributed by atoms with Crippen LogP contribution in [0.1, 0.15) is 65.2 Å². The average molecular weight is 399 g/mol. The van der Waals surface area contributed by atoms with Gasteiger partial charge in [-0.3, -0.25) is 4.79 Å². The van der Waals surface area contributed by atoms with Crippen LogP contribution in [-0.4, -0.2) is 40.8 Å². The van der Waals surface area contributed by atoms with Crippen molar-refractivity contribution in [1.82, 2.24) is 0 Å². The maximum absolute atomic E-state index is 11.1. The van der Waals surface area contributed by atoms with Crippen molar-refractivity contribution < 1.29 is 19.7 Å². The van der Waals surface area contributed by atoms with E-state index in [1.807, 2.05) is 12.2 Å². The van der Waals surface area contributed by atoms with E-state index in [1.54, 1.807) is 0 Å². The van der Waals surface area contributed by atoms with Crippen molar-refractivity contribution in [3.8, 4) is 0 Å². The van der Waals surface area contributed by atoms with Crippen molar-refractivity contribution in [2.75, 3.05) is 7.11 Å². The second-order valence-electron chi connectivity index (χ2n) is 7.78. The lowest BCUT2D eigenvalue weighted by atomic mass is 9.89. The van der Waals surface area contributed by atoms with Crippen LogP contribution in [0.4, 0.5) is 0 Å². The van der Waals surface area contributed by atoms with Crippen LogP contribution in [0.3, 0.4) is 0 Å². The fraction of sp³-hybridized carbons (Fsp3) is 0.773. The lowest BCUT2D eigenvalue weighted by Crippen LogP contribution is -2.20. The third-order valence-electron chi connectivity index (χ3n) is 5.60. The molecule has 0 saturated heterocycles. The maximum atomic E-state index is 11.1. The number of ether oxygens (including phenoxy) is 1. The summed E-state index contributed by atoms with van der Waals surface area (Å²) in [5.41, 5.74) is 0. The van der Waals surface area contributed by atoms with Gasteiger partial charge in [0, 0.05) is 17.6 Å². The van der Waals surface area contributed by atoms with Gasteiger partial charge < -0.3 is 14.9 Å². The Kier molecular flexibility index (Phi) is 12.0. The summed E-state index contributed by atoms with van der Waals surface area (Å²) < 4.78 is 4.63. The Morgan fingerprint density at radius 1 is 1.33 bits per heavy atom. The smallest absolute Gasteiger partial charge is 0.305 e. The average Bonchev–Trinajstić information content (AvgIpc) is 2.92. The largest absolute Gasteiger partial charge is 0.469 e. The number of carbonyl (C=O) groups is 1. The number of hydrogen-bond acceptors (Lipinski definition) is 5. The Morgan fingerprint density at radius 3 is 2.74 bits per heavy atom. The summed E-state index contributed by atoms with van der Waals surface area (Å²) in [7, 11) is 1.41. The molecule has 1 aliphatic carbocycles. The maximum Gasteiger partial charge on any atom is 0.305 e. The fourth-order valence-corrected chi connectivity index (χ4v) is 4.21. The number of aliphatic hydroxyl groups is 2. The third kappa shape index (κ3) is 8.84. The quantitative estimate of drug-likeness (QED) is 0.198. The Hall–Kier alpha value is -0.780. The van der Waals surface area contributed by atoms with E-state index in [1.165, 1.54) is 7.11 Å². The van der Waals surface area contributed by atoms with Crippen LogP contribution in [0.2, 0.25) is 0 Å². The summed E-state index contributed by atoms with van der Waals surface area (Å²) in [6, 6.07) is 0. The summed E-state index contributed by atoms with van der Waals surface area (Å²) in [4.78, 5) is 11.1. The zero-order valence-corrected chi connectivity index (χ0v) is 18.0. The number of carbonyl (C=O) groups excluding carboxylic acids is 1. The van der Waals surface area contributed by atoms with E-state index >= 15 is 0 Å². The molecule has 2 N–H and O–H groups in total. The first kappa shape index (κ1) is 24.3. The van der Waals surface area contributed by atoms with E-state index < -0.39 is 12.2 Å². The van der Waals surface area contributed by atoms with Crippen LogP contribution in [0.5, 0.6) is 0 Å². The second-order valence-corrected chi connectivity index (χ2v) is 8.45. The summed E-state index contributed by atoms with van der Waals surface area (Å²) in [5.74, 6) is 0.351. The molecule has 0 radical (unpaired) electrons. The molecule has 0 aromatic rings. The molecule has 4 nitrogen and oxygen atoms in total. The molecule has 156 valence electrons. The van der Waals surface area contributed by atoms with Gasteiger partial charge in [0.25, 0.3) is 0 Å². The number of esters is 1. The summed E-state index contributed by atoms with van der Waals surface area (Å²) in [5, 5.41) is 20.9. The number of unbranched alkanes of at least 4 members (excludes halogenated alkanes) is 2. The molecular weight excluding hydrogens is 360 g/mol. The molecule has 0 aromatic heterocycles. The Bertz CT molecular complexity index is 477. The predicted octanol–water partition coefficient (Wildman–Crippen LogP) is 4.31. The Labute approximate surface area is 170 Å². The molecule has 0 bridgehead atoms. The zero-order chi connectivity index (χ0) is 20.2. The number of rotatable bonds is 12. The van der Waals surface area contributed by atoms with E-state index in [9.17, 15) is 15.0 Å². The van der Waals surface area contributed by atoms with Gasteiger partial charge in [-0.05, 0) is 43.9 Å². The predicted molar refractivity (Wildman–Crippen MR) is 114 cm³/mol. The second kappa shape index (κ2) is 13.4. The minimum Gasteiger partial charge on any atom is -0.469 e. The molecule has 1 saturated carbocycles. The molecule has 6 atom stereocenters. The van der Waals surface area contributed by atoms with Gasteiger partial charge >= 0.3 is 5.97 Å². The van der Waals surface area contributed by atoms with E-state index in [4.69, 9.17) is 0 Å². The third-order valence-corrected chi connectivity index (χ3v) is 6.19. The van der Waals surface area contributed by atoms with Gasteiger partial charge in [-0.2, -0.15) is 12.6 Å². The highest BCUT2D eigenvalue weighted by Crippen LogP contribution is 2.39. The van der Waals surface area contributed by atoms with Gasteiger partial charge in [0.1, 0.15) is 0 Å². The van der Waals surface area contributed by atoms with E-state index in [2.05, 4.69) is 43.4 Å². The molecule has 0 heterocycles. The minimum absolute atomic E-state index is 0.0280. The number of thiol groups is 1. The van der Waals surface area contributed by atoms with Crippen molar-refractivity contribution in [3.63, 3.8) is 0 Å². The molecule has 0 aliphatic heterocycles. The molecule has 0 unspecified atom stereocenters. The van der Waals surface area contributed by atoms with E-state index in [0.717, 1.165) is 38.5 Å². The lowest BCUT2D eigenvalue weighted by Gasteiger charge is -2.21. The molecule has 5 heteroatoms. The van der Waals surface area contributed by atoms with Crippen LogP contribution in [0.15, 0.2) is 24.3 Å². The molecule has 0 aromatic carbocycles. The van der Waals surface area contributed by atoms with Crippen molar-refractivity contribution in [2.45, 2.75) is 82.7 Å². The van der Waals surface area contributed by atoms with Crippen molar-refractivity contribution in [3.05, 3.63) is 24.3 Å². The van der Waals surface area contributed by atoms with E-state index in [0.29, 0.717) is 12.8 Å². The first-order valence-electron chi connectivity index (χ1n) is 10.3. The van der Waals surface area contributed by atoms with E-state index in [-0.39, 0.29) is 29.0 Å². The highest BCUT2D eigenvalue weighted by atomic mass is 32.1. The van der Waals surface area contributed by atoms with Crippen LogP contribution < -0.4 is 0 Å². The molecule has 1 fully saturated rings. The van der Waals surface area contributed by atoms with Crippen molar-refractivity contribution in [2.24, 2.45) is 17.8 Å². The topological polar surface area (TPSA) is 66.8 Å². The van der Waals surface area contributed by atoms with Gasteiger partial charge in [-0.25, -0.2) is 0 Å². The fourth-order valence-electron chi connectivity index (χ4n) is 3.67. The first-order chi connectivity index (χ1) is 12.9. The monoisotopic (exact) mass is 398 g/mol. The molecule has 1 aliphatic rings. The number of methoxy groups -OCH3 is 1. The number of hydrogen-bond donors (Lipinski definition) is 3. The first-order valence-corrected chi connectivity index (χ1v) is 10.9. The van der Waals surface area contributed by atoms with Crippen LogP contribution in [-0.2, 0) is 9.53 Å². The van der Waals surface area contributed by atoms with Gasteiger partial charge in [0.15, 0.2) is 0 Å². The van der Waals surface area contributed by atoms with Gasteiger partial charge in [-0.1, -0.05) is 51.0 Å². The number of allylic oxidation sites excluding steroid dienone is 2.